The highest BCUT2D eigenvalue weighted by atomic mass is 16.5. The van der Waals surface area contributed by atoms with Crippen LogP contribution in [0, 0.1) is 5.92 Å². The number of carbonyl (C=O) groups is 1. The summed E-state index contributed by atoms with van der Waals surface area (Å²) in [5, 5.41) is 0. The van der Waals surface area contributed by atoms with Crippen LogP contribution < -0.4 is 0 Å². The van der Waals surface area contributed by atoms with E-state index in [0.29, 0.717) is 18.9 Å². The molecule has 0 bridgehead atoms. The molecule has 0 aromatic heterocycles. The Bertz CT molecular complexity index is 860. The Kier molecular flexibility index (Phi) is 14.1. The van der Waals surface area contributed by atoms with Gasteiger partial charge in [-0.15, -0.1) is 0 Å². The van der Waals surface area contributed by atoms with Gasteiger partial charge < -0.3 is 4.74 Å². The number of allylic oxidation sites excluding steroid dienone is 11. The molecular weight excluding hydrogens is 428 g/mol. The summed E-state index contributed by atoms with van der Waals surface area (Å²) in [5.41, 5.74) is 6.05. The molecule has 2 rings (SSSR count). The molecule has 0 saturated carbocycles. The van der Waals surface area contributed by atoms with Crippen LogP contribution in [0.15, 0.2) is 83.1 Å². The van der Waals surface area contributed by atoms with Crippen LogP contribution in [0.1, 0.15) is 104 Å². The lowest BCUT2D eigenvalue weighted by molar-refractivity contribution is -0.142. The minimum Gasteiger partial charge on any atom is -0.461 e. The predicted octanol–water partition coefficient (Wildman–Crippen LogP) is 9.68. The Labute approximate surface area is 215 Å². The second-order valence-corrected chi connectivity index (χ2v) is 10.1. The van der Waals surface area contributed by atoms with E-state index < -0.39 is 0 Å². The van der Waals surface area contributed by atoms with Crippen molar-refractivity contribution in [1.29, 1.82) is 0 Å². The number of rotatable bonds is 17. The molecule has 35 heavy (non-hydrogen) atoms. The van der Waals surface area contributed by atoms with Crippen molar-refractivity contribution in [3.8, 4) is 0 Å². The van der Waals surface area contributed by atoms with Crippen molar-refractivity contribution >= 4 is 5.97 Å². The monoisotopic (exact) mass is 476 g/mol. The van der Waals surface area contributed by atoms with Crippen LogP contribution in [0.3, 0.4) is 0 Å². The second-order valence-electron chi connectivity index (χ2n) is 10.1. The number of fused-ring (bicyclic) bond motifs is 1. The average molecular weight is 477 g/mol. The molecule has 0 aromatic rings. The molecule has 2 aliphatic rings. The Balaban J connectivity index is 1.53. The van der Waals surface area contributed by atoms with Crippen molar-refractivity contribution in [3.63, 3.8) is 0 Å². The van der Waals surface area contributed by atoms with Gasteiger partial charge in [0.25, 0.3) is 0 Å². The van der Waals surface area contributed by atoms with Gasteiger partial charge in [-0.2, -0.15) is 0 Å². The van der Waals surface area contributed by atoms with Gasteiger partial charge in [-0.1, -0.05) is 99.8 Å². The number of ether oxygens (including phenoxy) is 1. The van der Waals surface area contributed by atoms with E-state index in [1.807, 2.05) is 0 Å². The lowest BCUT2D eigenvalue weighted by Gasteiger charge is -2.13. The third kappa shape index (κ3) is 11.3. The fourth-order valence-electron chi connectivity index (χ4n) is 4.54. The quantitative estimate of drug-likeness (QED) is 0.119. The van der Waals surface area contributed by atoms with Gasteiger partial charge in [-0.3, -0.25) is 4.79 Å². The largest absolute Gasteiger partial charge is 0.461 e. The summed E-state index contributed by atoms with van der Waals surface area (Å²) >= 11 is 0. The van der Waals surface area contributed by atoms with Crippen LogP contribution in [0.2, 0.25) is 0 Å². The fraction of sp³-hybridized carbons (Fsp3) is 0.545. The molecule has 0 aromatic carbocycles. The molecule has 1 atom stereocenters. The maximum absolute atomic E-state index is 12.3. The van der Waals surface area contributed by atoms with E-state index in [9.17, 15) is 4.79 Å². The van der Waals surface area contributed by atoms with E-state index in [1.165, 1.54) is 67.2 Å². The number of carbonyl (C=O) groups excluding carboxylic acids is 1. The summed E-state index contributed by atoms with van der Waals surface area (Å²) < 4.78 is 5.63. The molecule has 1 unspecified atom stereocenters. The molecule has 0 fully saturated rings. The number of hydrogen-bond donors (Lipinski definition) is 0. The van der Waals surface area contributed by atoms with Crippen molar-refractivity contribution in [2.45, 2.75) is 104 Å². The van der Waals surface area contributed by atoms with Crippen LogP contribution >= 0.6 is 0 Å². The highest BCUT2D eigenvalue weighted by molar-refractivity contribution is 5.70. The van der Waals surface area contributed by atoms with E-state index in [-0.39, 0.29) is 5.97 Å². The molecule has 0 heterocycles. The Morgan fingerprint density at radius 3 is 2.37 bits per heavy atom. The number of hydrogen-bond acceptors (Lipinski definition) is 2. The van der Waals surface area contributed by atoms with Crippen molar-refractivity contribution < 1.29 is 9.53 Å². The summed E-state index contributed by atoms with van der Waals surface area (Å²) in [6, 6.07) is 0. The zero-order chi connectivity index (χ0) is 25.3. The first-order chi connectivity index (χ1) is 17.0. The van der Waals surface area contributed by atoms with Gasteiger partial charge in [0.15, 0.2) is 0 Å². The van der Waals surface area contributed by atoms with Gasteiger partial charge in [0.05, 0.1) is 0 Å². The zero-order valence-electron chi connectivity index (χ0n) is 22.6. The molecule has 0 amide bonds. The third-order valence-corrected chi connectivity index (χ3v) is 6.91. The lowest BCUT2D eigenvalue weighted by atomic mass is 9.94. The molecular formula is C33H48O2. The van der Waals surface area contributed by atoms with Crippen LogP contribution in [-0.2, 0) is 9.53 Å². The van der Waals surface area contributed by atoms with Crippen molar-refractivity contribution in [2.75, 3.05) is 6.61 Å². The van der Waals surface area contributed by atoms with E-state index in [4.69, 9.17) is 4.74 Å². The van der Waals surface area contributed by atoms with Gasteiger partial charge in [-0.25, -0.2) is 0 Å². The molecule has 0 aliphatic heterocycles. The zero-order valence-corrected chi connectivity index (χ0v) is 22.6. The summed E-state index contributed by atoms with van der Waals surface area (Å²) in [5.74, 6) is 0.263. The Morgan fingerprint density at radius 1 is 0.971 bits per heavy atom. The normalized spacial score (nSPS) is 17.6. The van der Waals surface area contributed by atoms with Crippen LogP contribution in [0.4, 0.5) is 0 Å². The maximum Gasteiger partial charge on any atom is 0.306 e. The molecule has 192 valence electrons. The third-order valence-electron chi connectivity index (χ3n) is 6.91. The lowest BCUT2D eigenvalue weighted by Crippen LogP contribution is -2.09. The van der Waals surface area contributed by atoms with E-state index in [0.717, 1.165) is 37.7 Å². The first kappa shape index (κ1) is 28.9. The Hall–Kier alpha value is -2.35. The minimum absolute atomic E-state index is 0.0806. The topological polar surface area (TPSA) is 26.3 Å². The van der Waals surface area contributed by atoms with Crippen molar-refractivity contribution in [1.82, 2.24) is 0 Å². The van der Waals surface area contributed by atoms with Crippen molar-refractivity contribution in [3.05, 3.63) is 83.1 Å². The van der Waals surface area contributed by atoms with Crippen molar-refractivity contribution in [2.24, 2.45) is 5.92 Å². The standard InChI is InChI=1S/C33H48O2/c1-5-6-7-8-9-10-11-12-13-14-15-16-17-18-19-20-33(34)35-26-30-23-24-31-28(4)21-22-29(27(2)3)25-32(30)31/h9-10,12-13,21,23-25,29H,2,5-8,11,14-20,22,26H2,1,3-4H3. The van der Waals surface area contributed by atoms with E-state index >= 15 is 0 Å². The van der Waals surface area contributed by atoms with Gasteiger partial charge in [0.2, 0.25) is 0 Å². The van der Waals surface area contributed by atoms with Gasteiger partial charge in [0, 0.05) is 12.3 Å². The van der Waals surface area contributed by atoms with E-state index in [1.54, 1.807) is 0 Å². The number of esters is 1. The number of unbranched alkanes of at least 4 members (excludes halogenated alkanes) is 8. The van der Waals surface area contributed by atoms with Crippen LogP contribution in [0.5, 0.6) is 0 Å². The molecule has 0 N–H and O–H groups in total. The fourth-order valence-corrected chi connectivity index (χ4v) is 4.54. The highest BCUT2D eigenvalue weighted by Crippen LogP contribution is 2.37. The highest BCUT2D eigenvalue weighted by Gasteiger charge is 2.22. The minimum atomic E-state index is -0.0806. The SMILES string of the molecule is C=C(C)C1C=C2C(COC(=O)CCCCCCCC=CCC=CCCCCC)=CC=C2C(C)=CC1. The summed E-state index contributed by atoms with van der Waals surface area (Å²) in [6.45, 7) is 11.0. The van der Waals surface area contributed by atoms with Crippen LogP contribution in [-0.4, -0.2) is 12.6 Å². The summed E-state index contributed by atoms with van der Waals surface area (Å²) in [7, 11) is 0. The molecule has 0 radical (unpaired) electrons. The second kappa shape index (κ2) is 17.1. The maximum atomic E-state index is 12.3. The van der Waals surface area contributed by atoms with Gasteiger partial charge in [-0.05, 0) is 81.1 Å². The summed E-state index contributed by atoms with van der Waals surface area (Å²) in [4.78, 5) is 12.3. The molecule has 2 heteroatoms. The van der Waals surface area contributed by atoms with Crippen LogP contribution in [0.25, 0.3) is 0 Å². The van der Waals surface area contributed by atoms with Gasteiger partial charge in [0.1, 0.15) is 6.61 Å². The summed E-state index contributed by atoms with van der Waals surface area (Å²) in [6.07, 6.45) is 32.6. The molecule has 2 aliphatic carbocycles. The predicted molar refractivity (Wildman–Crippen MR) is 151 cm³/mol. The van der Waals surface area contributed by atoms with Gasteiger partial charge >= 0.3 is 5.97 Å². The smallest absolute Gasteiger partial charge is 0.306 e. The first-order valence-corrected chi connectivity index (χ1v) is 13.9. The first-order valence-electron chi connectivity index (χ1n) is 13.9. The molecule has 0 saturated heterocycles. The Morgan fingerprint density at radius 2 is 1.66 bits per heavy atom. The van der Waals surface area contributed by atoms with E-state index in [2.05, 4.69) is 76.0 Å². The average Bonchev–Trinajstić information content (AvgIpc) is 3.16. The molecule has 0 spiro atoms. The molecule has 2 nitrogen and oxygen atoms in total.